The maximum Gasteiger partial charge on any atom is 0.246 e. The fourth-order valence-electron chi connectivity index (χ4n) is 4.23. The first-order valence-corrected chi connectivity index (χ1v) is 12.4. The minimum Gasteiger partial charge on any atom is -0.378 e. The van der Waals surface area contributed by atoms with Crippen molar-refractivity contribution in [3.05, 3.63) is 73.1 Å². The molecule has 1 aromatic heterocycles. The molecule has 1 aliphatic heterocycles. The largest absolute Gasteiger partial charge is 0.378 e. The number of hydrogen-bond acceptors (Lipinski definition) is 6. The van der Waals surface area contributed by atoms with Crippen molar-refractivity contribution in [3.8, 4) is 11.3 Å². The zero-order chi connectivity index (χ0) is 24.6. The number of carbonyl (C=O) groups is 1. The molecule has 35 heavy (non-hydrogen) atoms. The van der Waals surface area contributed by atoms with Crippen LogP contribution in [0.5, 0.6) is 0 Å². The summed E-state index contributed by atoms with van der Waals surface area (Å²) in [7, 11) is 0. The average Bonchev–Trinajstić information content (AvgIpc) is 3.31. The minimum atomic E-state index is -0.215. The molecule has 1 fully saturated rings. The van der Waals surface area contributed by atoms with Crippen LogP contribution in [-0.2, 0) is 4.79 Å². The molecular formula is C28H34N6O. The van der Waals surface area contributed by atoms with Gasteiger partial charge in [0.1, 0.15) is 6.04 Å². The second-order valence-electron chi connectivity index (χ2n) is 8.83. The zero-order valence-electron chi connectivity index (χ0n) is 20.6. The third-order valence-corrected chi connectivity index (χ3v) is 6.01. The molecule has 1 amide bonds. The topological polar surface area (TPSA) is 82.2 Å². The van der Waals surface area contributed by atoms with E-state index in [0.29, 0.717) is 5.95 Å². The lowest BCUT2D eigenvalue weighted by Gasteiger charge is -2.24. The molecule has 1 aliphatic rings. The van der Waals surface area contributed by atoms with E-state index in [4.69, 9.17) is 0 Å². The van der Waals surface area contributed by atoms with Gasteiger partial charge in [0.15, 0.2) is 0 Å². The van der Waals surface area contributed by atoms with Crippen molar-refractivity contribution in [2.24, 2.45) is 0 Å². The number of allylic oxidation sites excluding steroid dienone is 1. The number of anilines is 4. The Morgan fingerprint density at radius 1 is 1.03 bits per heavy atom. The molecule has 3 aromatic rings. The van der Waals surface area contributed by atoms with Crippen molar-refractivity contribution in [2.45, 2.75) is 45.6 Å². The summed E-state index contributed by atoms with van der Waals surface area (Å²) >= 11 is 0. The Bertz CT molecular complexity index is 1140. The van der Waals surface area contributed by atoms with E-state index < -0.39 is 0 Å². The molecule has 1 saturated heterocycles. The molecule has 182 valence electrons. The van der Waals surface area contributed by atoms with Crippen LogP contribution >= 0.6 is 0 Å². The first-order valence-electron chi connectivity index (χ1n) is 12.4. The van der Waals surface area contributed by atoms with Crippen LogP contribution in [0.2, 0.25) is 0 Å². The van der Waals surface area contributed by atoms with Crippen LogP contribution in [0, 0.1) is 0 Å². The van der Waals surface area contributed by atoms with Gasteiger partial charge in [0.2, 0.25) is 11.9 Å². The van der Waals surface area contributed by atoms with Gasteiger partial charge in [-0.2, -0.15) is 0 Å². The highest BCUT2D eigenvalue weighted by Crippen LogP contribution is 2.24. The predicted molar refractivity (Wildman–Crippen MR) is 144 cm³/mol. The molecule has 4 rings (SSSR count). The maximum atomic E-state index is 12.4. The van der Waals surface area contributed by atoms with Gasteiger partial charge < -0.3 is 20.9 Å². The van der Waals surface area contributed by atoms with Crippen LogP contribution < -0.4 is 20.9 Å². The molecule has 1 unspecified atom stereocenters. The van der Waals surface area contributed by atoms with Crippen molar-refractivity contribution in [1.82, 2.24) is 15.3 Å². The van der Waals surface area contributed by atoms with E-state index in [1.807, 2.05) is 30.3 Å². The van der Waals surface area contributed by atoms with Crippen molar-refractivity contribution < 1.29 is 4.79 Å². The Morgan fingerprint density at radius 3 is 2.34 bits per heavy atom. The molecule has 0 spiro atoms. The van der Waals surface area contributed by atoms with Crippen LogP contribution in [-0.4, -0.2) is 35.0 Å². The quantitative estimate of drug-likeness (QED) is 0.352. The van der Waals surface area contributed by atoms with E-state index in [2.05, 4.69) is 75.5 Å². The molecule has 7 heteroatoms. The highest BCUT2D eigenvalue weighted by molar-refractivity contribution is 5.95. The number of aromatic nitrogens is 2. The van der Waals surface area contributed by atoms with E-state index in [0.717, 1.165) is 67.1 Å². The number of nitrogens with one attached hydrogen (secondary N) is 3. The van der Waals surface area contributed by atoms with Gasteiger partial charge in [0.25, 0.3) is 0 Å². The van der Waals surface area contributed by atoms with E-state index in [-0.39, 0.29) is 11.9 Å². The Labute approximate surface area is 207 Å². The van der Waals surface area contributed by atoms with Gasteiger partial charge in [-0.1, -0.05) is 32.6 Å². The zero-order valence-corrected chi connectivity index (χ0v) is 20.6. The summed E-state index contributed by atoms with van der Waals surface area (Å²) in [6.45, 7) is 10.4. The highest BCUT2D eigenvalue weighted by Gasteiger charge is 2.24. The van der Waals surface area contributed by atoms with Crippen LogP contribution in [0.3, 0.4) is 0 Å². The van der Waals surface area contributed by atoms with Crippen LogP contribution in [0.25, 0.3) is 11.3 Å². The predicted octanol–water partition coefficient (Wildman–Crippen LogP) is 5.72. The summed E-state index contributed by atoms with van der Waals surface area (Å²) in [6.07, 6.45) is 5.61. The first-order chi connectivity index (χ1) is 17.1. The SMILES string of the molecule is C=C1CCC(C(=O)Nc2ccc(-c3ccnc(Nc4ccc(N(CCC)CCC)cc4)n3)cc2)N1. The molecule has 0 aliphatic carbocycles. The van der Waals surface area contributed by atoms with Gasteiger partial charge in [-0.15, -0.1) is 0 Å². The van der Waals surface area contributed by atoms with Crippen molar-refractivity contribution in [1.29, 1.82) is 0 Å². The Hall–Kier alpha value is -3.87. The minimum absolute atomic E-state index is 0.0385. The lowest BCUT2D eigenvalue weighted by Crippen LogP contribution is -2.34. The van der Waals surface area contributed by atoms with E-state index in [9.17, 15) is 4.79 Å². The highest BCUT2D eigenvalue weighted by atomic mass is 16.2. The van der Waals surface area contributed by atoms with Gasteiger partial charge in [-0.3, -0.25) is 4.79 Å². The van der Waals surface area contributed by atoms with Gasteiger partial charge in [0, 0.05) is 47.6 Å². The van der Waals surface area contributed by atoms with Gasteiger partial charge in [-0.05, 0) is 68.1 Å². The summed E-state index contributed by atoms with van der Waals surface area (Å²) in [5.41, 5.74) is 5.61. The molecule has 2 aromatic carbocycles. The van der Waals surface area contributed by atoms with E-state index >= 15 is 0 Å². The third-order valence-electron chi connectivity index (χ3n) is 6.01. The van der Waals surface area contributed by atoms with Crippen LogP contribution in [0.1, 0.15) is 39.5 Å². The standard InChI is InChI=1S/C28H34N6O/c1-4-18-34(19-5-2)24-13-11-23(12-14-24)32-28-29-17-16-25(33-28)21-7-9-22(10-8-21)31-27(35)26-15-6-20(3)30-26/h7-14,16-17,26,30H,3-6,15,18-19H2,1-2H3,(H,31,35)(H,29,32,33). The number of benzene rings is 2. The fraction of sp³-hybridized carbons (Fsp3) is 0.321. The number of carbonyl (C=O) groups excluding carboxylic acids is 1. The molecule has 0 radical (unpaired) electrons. The summed E-state index contributed by atoms with van der Waals surface area (Å²) in [5.74, 6) is 0.502. The Balaban J connectivity index is 1.39. The molecule has 0 saturated carbocycles. The van der Waals surface area contributed by atoms with Crippen LogP contribution in [0.15, 0.2) is 73.1 Å². The van der Waals surface area contributed by atoms with E-state index in [1.54, 1.807) is 6.20 Å². The molecule has 1 atom stereocenters. The fourth-order valence-corrected chi connectivity index (χ4v) is 4.23. The maximum absolute atomic E-state index is 12.4. The van der Waals surface area contributed by atoms with Crippen molar-refractivity contribution >= 4 is 28.9 Å². The van der Waals surface area contributed by atoms with Gasteiger partial charge in [-0.25, -0.2) is 9.97 Å². The first kappa shape index (κ1) is 24.3. The average molecular weight is 471 g/mol. The number of amides is 1. The molecule has 7 nitrogen and oxygen atoms in total. The number of nitrogens with zero attached hydrogens (tertiary/aromatic N) is 3. The summed E-state index contributed by atoms with van der Waals surface area (Å²) in [6, 6.07) is 17.8. The molecule has 0 bridgehead atoms. The normalized spacial score (nSPS) is 14.9. The van der Waals surface area contributed by atoms with Crippen LogP contribution in [0.4, 0.5) is 23.0 Å². The van der Waals surface area contributed by atoms with Crippen molar-refractivity contribution in [2.75, 3.05) is 28.6 Å². The second kappa shape index (κ2) is 11.5. The third kappa shape index (κ3) is 6.38. The summed E-state index contributed by atoms with van der Waals surface area (Å²) in [5, 5.41) is 9.39. The number of hydrogen-bond donors (Lipinski definition) is 3. The Morgan fingerprint density at radius 2 is 1.71 bits per heavy atom. The van der Waals surface area contributed by atoms with Gasteiger partial charge in [0.05, 0.1) is 5.69 Å². The van der Waals surface area contributed by atoms with E-state index in [1.165, 1.54) is 5.69 Å². The van der Waals surface area contributed by atoms with Crippen molar-refractivity contribution in [3.63, 3.8) is 0 Å². The molecule has 3 N–H and O–H groups in total. The lowest BCUT2D eigenvalue weighted by atomic mass is 10.1. The molecular weight excluding hydrogens is 436 g/mol. The smallest absolute Gasteiger partial charge is 0.246 e. The summed E-state index contributed by atoms with van der Waals surface area (Å²) < 4.78 is 0. The summed E-state index contributed by atoms with van der Waals surface area (Å²) in [4.78, 5) is 23.9. The lowest BCUT2D eigenvalue weighted by molar-refractivity contribution is -0.117. The Kier molecular flexibility index (Phi) is 7.98. The number of rotatable bonds is 10. The molecule has 2 heterocycles. The second-order valence-corrected chi connectivity index (χ2v) is 8.83. The van der Waals surface area contributed by atoms with Gasteiger partial charge >= 0.3 is 0 Å². The monoisotopic (exact) mass is 470 g/mol.